The molecule has 2 aliphatic rings. The van der Waals surface area contributed by atoms with Gasteiger partial charge < -0.3 is 0 Å². The fourth-order valence-corrected chi connectivity index (χ4v) is 6.12. The molecule has 32 heavy (non-hydrogen) atoms. The van der Waals surface area contributed by atoms with Gasteiger partial charge in [0.1, 0.15) is 0 Å². The molecule has 2 heteroatoms. The molecule has 0 saturated carbocycles. The van der Waals surface area contributed by atoms with Crippen LogP contribution in [0.4, 0.5) is 0 Å². The Morgan fingerprint density at radius 1 is 0.438 bits per heavy atom. The first-order valence-corrected chi connectivity index (χ1v) is 13.7. The molecule has 0 amide bonds. The normalized spacial score (nSPS) is 17.3. The van der Waals surface area contributed by atoms with E-state index in [2.05, 4.69) is 121 Å². The van der Waals surface area contributed by atoms with Crippen LogP contribution >= 0.6 is 0 Å². The summed E-state index contributed by atoms with van der Waals surface area (Å²) in [4.78, 5) is 0. The second-order valence-electron chi connectivity index (χ2n) is 8.02. The van der Waals surface area contributed by atoms with Crippen LogP contribution in [0.25, 0.3) is 34.4 Å². The topological polar surface area (TPSA) is 0 Å². The van der Waals surface area contributed by atoms with E-state index in [4.69, 9.17) is 0 Å². The Morgan fingerprint density at radius 2 is 0.844 bits per heavy atom. The predicted molar refractivity (Wildman–Crippen MR) is 127 cm³/mol. The zero-order valence-electron chi connectivity index (χ0n) is 17.7. The van der Waals surface area contributed by atoms with Gasteiger partial charge in [0.2, 0.25) is 0 Å². The van der Waals surface area contributed by atoms with Gasteiger partial charge in [-0.1, -0.05) is 0 Å². The quantitative estimate of drug-likeness (QED) is 0.232. The van der Waals surface area contributed by atoms with E-state index in [-0.39, 0.29) is 0 Å². The third-order valence-electron chi connectivity index (χ3n) is 6.03. The fourth-order valence-electron chi connectivity index (χ4n) is 4.41. The van der Waals surface area contributed by atoms with E-state index < -0.39 is 0 Å². The minimum atomic E-state index is 0.644. The van der Waals surface area contributed by atoms with Crippen LogP contribution in [0.2, 0.25) is 0 Å². The maximum atomic E-state index is 2.31. The maximum absolute atomic E-state index is 2.31. The van der Waals surface area contributed by atoms with Crippen LogP contribution in [0.5, 0.6) is 0 Å². The Labute approximate surface area is 220 Å². The minimum absolute atomic E-state index is 0.644. The average Bonchev–Trinajstić information content (AvgIpc) is 3.43. The van der Waals surface area contributed by atoms with Crippen molar-refractivity contribution in [2.75, 3.05) is 0 Å². The van der Waals surface area contributed by atoms with Gasteiger partial charge in [-0.25, -0.2) is 0 Å². The van der Waals surface area contributed by atoms with E-state index in [1.54, 1.807) is 49.4 Å². The monoisotopic (exact) mass is 562 g/mol. The Morgan fingerprint density at radius 3 is 1.25 bits per heavy atom. The molecule has 0 saturated heterocycles. The number of hydrogen-bond acceptors (Lipinski definition) is 0. The summed E-state index contributed by atoms with van der Waals surface area (Å²) in [7, 11) is 0. The molecule has 2 unspecified atom stereocenters. The Balaban J connectivity index is 0.000000135. The molecule has 0 N–H and O–H groups in total. The Hall–Kier alpha value is -1.87. The molecule has 0 heterocycles. The Kier molecular flexibility index (Phi) is 6.82. The second kappa shape index (κ2) is 9.95. The molecule has 6 rings (SSSR count). The van der Waals surface area contributed by atoms with E-state index >= 15 is 0 Å². The first-order chi connectivity index (χ1) is 15.7. The van der Waals surface area contributed by atoms with Gasteiger partial charge in [0.15, 0.2) is 0 Å². The summed E-state index contributed by atoms with van der Waals surface area (Å²) in [6, 6.07) is 34.5. The molecule has 2 aliphatic carbocycles. The molecular weight excluding hydrogens is 543 g/mol. The molecule has 0 radical (unpaired) electrons. The number of fused-ring (bicyclic) bond motifs is 2. The summed E-state index contributed by atoms with van der Waals surface area (Å²) in [5.74, 6) is 0. The SMILES string of the molecule is [Zr][CH]1C=Cc2c(-c3ccccc3)cccc21.[Zr][CH]1C=Cc2c(-c3ccccc3)cccc21. The third kappa shape index (κ3) is 4.46. The summed E-state index contributed by atoms with van der Waals surface area (Å²) in [6.45, 7) is 0. The molecule has 0 bridgehead atoms. The van der Waals surface area contributed by atoms with E-state index in [1.807, 2.05) is 0 Å². The first-order valence-electron chi connectivity index (χ1n) is 10.9. The predicted octanol–water partition coefficient (Wildman–Crippen LogP) is 7.94. The Bertz CT molecular complexity index is 1180. The molecule has 0 nitrogen and oxygen atoms in total. The molecule has 4 aromatic rings. The molecule has 2 atom stereocenters. The molecule has 0 aromatic heterocycles. The van der Waals surface area contributed by atoms with Gasteiger partial charge in [0.25, 0.3) is 0 Å². The molecular formula is C30H22Zr2. The van der Waals surface area contributed by atoms with Crippen molar-refractivity contribution in [2.24, 2.45) is 0 Å². The van der Waals surface area contributed by atoms with Gasteiger partial charge >= 0.3 is 223 Å². The number of hydrogen-bond donors (Lipinski definition) is 0. The van der Waals surface area contributed by atoms with Crippen molar-refractivity contribution in [3.8, 4) is 22.3 Å². The van der Waals surface area contributed by atoms with Crippen molar-refractivity contribution < 1.29 is 49.4 Å². The standard InChI is InChI=1S/2C15H11.2Zr/c2*1-2-6-12(7-3-1)14-10-4-8-13-9-5-11-15(13)14;;/h2*1-11H;;. The van der Waals surface area contributed by atoms with Crippen LogP contribution < -0.4 is 0 Å². The summed E-state index contributed by atoms with van der Waals surface area (Å²) < 4.78 is 1.29. The van der Waals surface area contributed by atoms with Crippen molar-refractivity contribution in [3.05, 3.63) is 131 Å². The molecule has 0 fully saturated rings. The fraction of sp³-hybridized carbons (Fsp3) is 0.0667. The van der Waals surface area contributed by atoms with Crippen LogP contribution in [-0.2, 0) is 49.4 Å². The van der Waals surface area contributed by atoms with E-state index in [9.17, 15) is 0 Å². The van der Waals surface area contributed by atoms with Crippen molar-refractivity contribution in [1.82, 2.24) is 0 Å². The van der Waals surface area contributed by atoms with Gasteiger partial charge in [-0.05, 0) is 0 Å². The van der Waals surface area contributed by atoms with Gasteiger partial charge in [0.05, 0.1) is 0 Å². The number of rotatable bonds is 2. The van der Waals surface area contributed by atoms with Gasteiger partial charge in [-0.15, -0.1) is 0 Å². The summed E-state index contributed by atoms with van der Waals surface area (Å²) in [5.41, 5.74) is 11.1. The average molecular weight is 565 g/mol. The van der Waals surface area contributed by atoms with Gasteiger partial charge in [-0.2, -0.15) is 0 Å². The number of allylic oxidation sites excluding steroid dienone is 2. The van der Waals surface area contributed by atoms with Crippen LogP contribution in [0.15, 0.2) is 109 Å². The molecule has 150 valence electrons. The van der Waals surface area contributed by atoms with Crippen molar-refractivity contribution in [3.63, 3.8) is 0 Å². The van der Waals surface area contributed by atoms with Crippen molar-refractivity contribution in [2.45, 2.75) is 7.25 Å². The molecule has 4 aromatic carbocycles. The molecule has 0 aliphatic heterocycles. The van der Waals surface area contributed by atoms with Gasteiger partial charge in [0, 0.05) is 0 Å². The second-order valence-corrected chi connectivity index (χ2v) is 11.1. The van der Waals surface area contributed by atoms with E-state index in [0.717, 1.165) is 0 Å². The van der Waals surface area contributed by atoms with Gasteiger partial charge in [-0.3, -0.25) is 0 Å². The van der Waals surface area contributed by atoms with Crippen LogP contribution in [0, 0.1) is 0 Å². The van der Waals surface area contributed by atoms with Crippen LogP contribution in [-0.4, -0.2) is 0 Å². The van der Waals surface area contributed by atoms with E-state index in [1.165, 1.54) is 44.5 Å². The number of benzene rings is 4. The zero-order chi connectivity index (χ0) is 21.9. The zero-order valence-corrected chi connectivity index (χ0v) is 22.6. The van der Waals surface area contributed by atoms with Crippen LogP contribution in [0.3, 0.4) is 0 Å². The summed E-state index contributed by atoms with van der Waals surface area (Å²) in [6.07, 6.45) is 9.18. The van der Waals surface area contributed by atoms with E-state index in [0.29, 0.717) is 7.25 Å². The van der Waals surface area contributed by atoms with Crippen molar-refractivity contribution in [1.29, 1.82) is 0 Å². The molecule has 0 spiro atoms. The summed E-state index contributed by atoms with van der Waals surface area (Å²) >= 11 is 3.14. The summed E-state index contributed by atoms with van der Waals surface area (Å²) in [5, 5.41) is 0. The third-order valence-corrected chi connectivity index (χ3v) is 8.51. The van der Waals surface area contributed by atoms with Crippen molar-refractivity contribution >= 4 is 12.2 Å². The first kappa shape index (κ1) is 21.9. The van der Waals surface area contributed by atoms with Crippen LogP contribution in [0.1, 0.15) is 29.5 Å².